The fourth-order valence-electron chi connectivity index (χ4n) is 1.85. The van der Waals surface area contributed by atoms with Crippen LogP contribution in [-0.4, -0.2) is 33.5 Å². The van der Waals surface area contributed by atoms with E-state index in [1.807, 2.05) is 4.98 Å². The second-order valence-electron chi connectivity index (χ2n) is 4.19. The molecule has 1 aliphatic heterocycles. The van der Waals surface area contributed by atoms with E-state index in [-0.39, 0.29) is 65.5 Å². The number of aromatic nitrogens is 2. The smallest absolute Gasteiger partial charge is 0.790 e. The summed E-state index contributed by atoms with van der Waals surface area (Å²) in [4.78, 5) is 45.2. The molecule has 1 unspecified atom stereocenters. The molecule has 2 heterocycles. The molecule has 1 aliphatic rings. The van der Waals surface area contributed by atoms with Gasteiger partial charge in [0.15, 0.2) is 0 Å². The van der Waals surface area contributed by atoms with Gasteiger partial charge in [-0.15, -0.1) is 0 Å². The summed E-state index contributed by atoms with van der Waals surface area (Å²) in [5, 5.41) is 9.68. The third-order valence-electron chi connectivity index (χ3n) is 2.76. The van der Waals surface area contributed by atoms with E-state index in [2.05, 4.69) is 4.52 Å². The number of phosphoric acid groups is 1. The number of nitrogens with zero attached hydrogens (tertiary/aromatic N) is 1. The van der Waals surface area contributed by atoms with E-state index in [1.165, 1.54) is 6.20 Å². The number of phosphoric ester groups is 1. The topological polar surface area (TPSA) is 157 Å². The number of hydrogen-bond donors (Lipinski definition) is 2. The van der Waals surface area contributed by atoms with Crippen LogP contribution in [0.2, 0.25) is 0 Å². The summed E-state index contributed by atoms with van der Waals surface area (Å²) in [6, 6.07) is 1.10. The SMILES string of the molecule is O=c1ccn([C@H]2CC(O)[C@@H](COP(=O)([O-])[O-])O2)c(=O)[nH]1.[Na+].[Na+]. The van der Waals surface area contributed by atoms with Crippen LogP contribution in [0.3, 0.4) is 0 Å². The van der Waals surface area contributed by atoms with Gasteiger partial charge in [-0.25, -0.2) is 4.79 Å². The summed E-state index contributed by atoms with van der Waals surface area (Å²) in [5.74, 6) is 0. The van der Waals surface area contributed by atoms with Crippen molar-refractivity contribution in [3.05, 3.63) is 33.1 Å². The fraction of sp³-hybridized carbons (Fsp3) is 0.556. The standard InChI is InChI=1S/C9H13N2O8P.2Na/c12-5-3-8(11-2-1-7(13)10-9(11)14)19-6(5)4-18-20(15,16)17;;/h1-2,5-6,8,12H,3-4H2,(H,10,13,14)(H2,15,16,17);;/q;2*+1/p-2/t5?,6-,8-;;/m1../s1. The molecule has 112 valence electrons. The molecule has 2 N–H and O–H groups in total. The molecule has 22 heavy (non-hydrogen) atoms. The first-order valence-electron chi connectivity index (χ1n) is 5.58. The molecule has 13 heteroatoms. The first-order valence-corrected chi connectivity index (χ1v) is 7.04. The number of aliphatic hydroxyl groups excluding tert-OH is 1. The normalized spacial score (nSPS) is 24.4. The van der Waals surface area contributed by atoms with E-state index in [4.69, 9.17) is 4.74 Å². The van der Waals surface area contributed by atoms with Crippen molar-refractivity contribution < 1.29 is 87.8 Å². The zero-order chi connectivity index (χ0) is 14.9. The van der Waals surface area contributed by atoms with Crippen LogP contribution < -0.4 is 80.2 Å². The molecule has 0 aromatic carbocycles. The molecule has 10 nitrogen and oxygen atoms in total. The zero-order valence-electron chi connectivity index (χ0n) is 12.0. The number of rotatable bonds is 4. The van der Waals surface area contributed by atoms with E-state index < -0.39 is 44.1 Å². The predicted molar refractivity (Wildman–Crippen MR) is 59.4 cm³/mol. The molecule has 2 rings (SSSR count). The van der Waals surface area contributed by atoms with Crippen molar-refractivity contribution >= 4 is 7.82 Å². The van der Waals surface area contributed by atoms with E-state index in [0.717, 1.165) is 10.6 Å². The Labute approximate surface area is 168 Å². The maximum Gasteiger partial charge on any atom is 1.00 e. The Morgan fingerprint density at radius 2 is 2.09 bits per heavy atom. The van der Waals surface area contributed by atoms with Gasteiger partial charge in [-0.1, -0.05) is 0 Å². The van der Waals surface area contributed by atoms with Crippen molar-refractivity contribution in [2.24, 2.45) is 0 Å². The molecule has 0 amide bonds. The van der Waals surface area contributed by atoms with E-state index >= 15 is 0 Å². The Bertz CT molecular complexity index is 643. The number of hydrogen-bond acceptors (Lipinski definition) is 8. The minimum atomic E-state index is -5.16. The summed E-state index contributed by atoms with van der Waals surface area (Å²) in [6.45, 7) is -0.639. The van der Waals surface area contributed by atoms with Gasteiger partial charge < -0.3 is 28.7 Å². The van der Waals surface area contributed by atoms with Gasteiger partial charge in [0.25, 0.3) is 5.56 Å². The average molecular weight is 352 g/mol. The number of aliphatic hydroxyl groups is 1. The largest absolute Gasteiger partial charge is 1.00 e. The Kier molecular flexibility index (Phi) is 9.56. The number of nitrogens with one attached hydrogen (secondary N) is 1. The fourth-order valence-corrected chi connectivity index (χ4v) is 2.18. The first kappa shape index (κ1) is 22.7. The van der Waals surface area contributed by atoms with Crippen molar-refractivity contribution in [3.8, 4) is 0 Å². The Morgan fingerprint density at radius 1 is 1.45 bits per heavy atom. The molecule has 1 fully saturated rings. The van der Waals surface area contributed by atoms with Crippen LogP contribution in [0, 0.1) is 0 Å². The third kappa shape index (κ3) is 6.31. The molecule has 0 spiro atoms. The van der Waals surface area contributed by atoms with Crippen molar-refractivity contribution in [1.29, 1.82) is 0 Å². The van der Waals surface area contributed by atoms with Crippen LogP contribution in [0.4, 0.5) is 0 Å². The van der Waals surface area contributed by atoms with Gasteiger partial charge in [-0.05, 0) is 0 Å². The molecule has 0 bridgehead atoms. The van der Waals surface area contributed by atoms with Crippen molar-refractivity contribution in [3.63, 3.8) is 0 Å². The quantitative estimate of drug-likeness (QED) is 0.399. The van der Waals surface area contributed by atoms with Crippen LogP contribution in [-0.2, 0) is 13.8 Å². The summed E-state index contributed by atoms with van der Waals surface area (Å²) >= 11 is 0. The number of aromatic amines is 1. The van der Waals surface area contributed by atoms with Crippen LogP contribution in [0.1, 0.15) is 12.6 Å². The summed E-state index contributed by atoms with van der Waals surface area (Å²) in [7, 11) is -5.16. The molecule has 0 aliphatic carbocycles. The van der Waals surface area contributed by atoms with E-state index in [1.54, 1.807) is 0 Å². The van der Waals surface area contributed by atoms with E-state index in [0.29, 0.717) is 0 Å². The van der Waals surface area contributed by atoms with Crippen LogP contribution in [0.25, 0.3) is 0 Å². The molecule has 0 radical (unpaired) electrons. The van der Waals surface area contributed by atoms with Gasteiger partial charge in [-0.2, -0.15) is 0 Å². The Balaban J connectivity index is 0.00000220. The Morgan fingerprint density at radius 3 is 2.64 bits per heavy atom. The third-order valence-corrected chi connectivity index (χ3v) is 3.23. The number of H-pyrrole nitrogens is 1. The summed E-state index contributed by atoms with van der Waals surface area (Å²) < 4.78 is 20.7. The average Bonchev–Trinajstić information content (AvgIpc) is 2.67. The molecule has 0 saturated carbocycles. The van der Waals surface area contributed by atoms with Crippen LogP contribution in [0.5, 0.6) is 0 Å². The second kappa shape index (κ2) is 9.26. The van der Waals surface area contributed by atoms with Crippen molar-refractivity contribution in [1.82, 2.24) is 9.55 Å². The van der Waals surface area contributed by atoms with Crippen LogP contribution in [0.15, 0.2) is 21.9 Å². The monoisotopic (exact) mass is 352 g/mol. The minimum absolute atomic E-state index is 0. The van der Waals surface area contributed by atoms with Crippen LogP contribution >= 0.6 is 7.82 Å². The molecule has 1 saturated heterocycles. The zero-order valence-corrected chi connectivity index (χ0v) is 16.9. The summed E-state index contributed by atoms with van der Waals surface area (Å²) in [5.41, 5.74) is -1.31. The van der Waals surface area contributed by atoms with Gasteiger partial charge in [0.2, 0.25) is 0 Å². The molecular weight excluding hydrogens is 341 g/mol. The maximum atomic E-state index is 11.5. The van der Waals surface area contributed by atoms with Gasteiger partial charge >= 0.3 is 64.8 Å². The van der Waals surface area contributed by atoms with Gasteiger partial charge in [0.1, 0.15) is 12.3 Å². The molecular formula is C9H11N2Na2O8P. The second-order valence-corrected chi connectivity index (χ2v) is 5.35. The molecule has 1 aromatic heterocycles. The molecule has 1 aromatic rings. The summed E-state index contributed by atoms with van der Waals surface area (Å²) in [6.07, 6.45) is -1.88. The van der Waals surface area contributed by atoms with E-state index in [9.17, 15) is 29.0 Å². The molecule has 3 atom stereocenters. The number of ether oxygens (including phenoxy) is 1. The van der Waals surface area contributed by atoms with Crippen molar-refractivity contribution in [2.45, 2.75) is 24.9 Å². The van der Waals surface area contributed by atoms with Gasteiger partial charge in [0, 0.05) is 18.7 Å². The van der Waals surface area contributed by atoms with Crippen molar-refractivity contribution in [2.75, 3.05) is 6.61 Å². The maximum absolute atomic E-state index is 11.5. The predicted octanol–water partition coefficient (Wildman–Crippen LogP) is -8.96. The van der Waals surface area contributed by atoms with Gasteiger partial charge in [-0.3, -0.25) is 14.3 Å². The Hall–Kier alpha value is 0.710. The first-order chi connectivity index (χ1) is 9.26. The van der Waals surface area contributed by atoms with Gasteiger partial charge in [0.05, 0.1) is 20.5 Å². The minimum Gasteiger partial charge on any atom is -0.790 e.